The third-order valence-electron chi connectivity index (χ3n) is 5.29. The second-order valence-electron chi connectivity index (χ2n) is 8.22. The van der Waals surface area contributed by atoms with Crippen molar-refractivity contribution >= 4 is 35.6 Å². The van der Waals surface area contributed by atoms with Crippen molar-refractivity contribution in [3.8, 4) is 0 Å². The van der Waals surface area contributed by atoms with Crippen molar-refractivity contribution in [2.45, 2.75) is 56.5 Å². The summed E-state index contributed by atoms with van der Waals surface area (Å²) >= 11 is 0. The average Bonchev–Trinajstić information content (AvgIpc) is 3.27. The summed E-state index contributed by atoms with van der Waals surface area (Å²) in [6.07, 6.45) is -1.94. The molecule has 36 heavy (non-hydrogen) atoms. The number of nitrogens with two attached hydrogens (primary N) is 2. The fraction of sp³-hybridized carbons (Fsp3) is 0.600. The summed E-state index contributed by atoms with van der Waals surface area (Å²) in [5.74, 6) is -5.93. The molecule has 1 heterocycles. The van der Waals surface area contributed by atoms with E-state index in [1.165, 1.54) is 11.8 Å². The van der Waals surface area contributed by atoms with E-state index in [1.54, 1.807) is 6.08 Å². The van der Waals surface area contributed by atoms with Gasteiger partial charge in [0.05, 0.1) is 6.10 Å². The number of aliphatic hydroxyl groups is 2. The Kier molecular flexibility index (Phi) is 11.7. The Labute approximate surface area is 206 Å². The molecule has 0 aromatic carbocycles. The maximum Gasteiger partial charge on any atom is 0.335 e. The van der Waals surface area contributed by atoms with Crippen molar-refractivity contribution in [1.82, 2.24) is 20.9 Å². The zero-order valence-electron chi connectivity index (χ0n) is 19.6. The van der Waals surface area contributed by atoms with Crippen LogP contribution in [0.5, 0.6) is 0 Å². The van der Waals surface area contributed by atoms with Gasteiger partial charge in [0, 0.05) is 26.1 Å². The number of hydrogen-bond acceptors (Lipinski definition) is 9. The lowest BCUT2D eigenvalue weighted by Crippen LogP contribution is -2.54. The molecule has 1 rings (SSSR count). The van der Waals surface area contributed by atoms with E-state index < -0.39 is 60.0 Å². The summed E-state index contributed by atoms with van der Waals surface area (Å²) in [6, 6.07) is -4.41. The molecule has 1 aliphatic rings. The lowest BCUT2D eigenvalue weighted by molar-refractivity contribution is -0.157. The molecule has 16 heteroatoms. The van der Waals surface area contributed by atoms with Crippen LogP contribution < -0.4 is 27.4 Å². The van der Waals surface area contributed by atoms with Crippen LogP contribution in [0.2, 0.25) is 0 Å². The van der Waals surface area contributed by atoms with Gasteiger partial charge in [-0.2, -0.15) is 0 Å². The maximum atomic E-state index is 12.7. The zero-order chi connectivity index (χ0) is 27.6. The third-order valence-corrected chi connectivity index (χ3v) is 5.29. The number of rotatable bonds is 14. The predicted molar refractivity (Wildman–Crippen MR) is 123 cm³/mol. The maximum absolute atomic E-state index is 12.7. The molecule has 0 fully saturated rings. The standard InChI is InChI=1S/C20H33N7O9/c1-9(28)13(21)17(32)25-11(7-10-4-6-27(8-10)20(22)23)16(31)24-5-2-3-12(29)26-14(18(33)34)15(30)19(35)36/h4,9,11,13-15,28,30H,2-3,5-8,21H2,1H3,(H3,22,23)(H,24,31)(H,25,32)(H,26,29)(H,33,34)(H,35,36). The van der Waals surface area contributed by atoms with Crippen molar-refractivity contribution in [3.63, 3.8) is 0 Å². The first kappa shape index (κ1) is 30.3. The van der Waals surface area contributed by atoms with Crippen LogP contribution in [0.25, 0.3) is 0 Å². The van der Waals surface area contributed by atoms with Crippen LogP contribution in [0.3, 0.4) is 0 Å². The van der Waals surface area contributed by atoms with Crippen LogP contribution in [0, 0.1) is 5.41 Å². The quantitative estimate of drug-likeness (QED) is 0.0454. The molecular formula is C20H33N7O9. The molecular weight excluding hydrogens is 482 g/mol. The molecule has 0 saturated carbocycles. The summed E-state index contributed by atoms with van der Waals surface area (Å²) in [5, 5.41) is 51.0. The highest BCUT2D eigenvalue weighted by Crippen LogP contribution is 2.15. The van der Waals surface area contributed by atoms with Gasteiger partial charge in [0.15, 0.2) is 18.1 Å². The monoisotopic (exact) mass is 515 g/mol. The first-order chi connectivity index (χ1) is 16.7. The average molecular weight is 516 g/mol. The number of carbonyl (C=O) groups is 5. The number of hydrogen-bond donors (Lipinski definition) is 10. The predicted octanol–water partition coefficient (Wildman–Crippen LogP) is -4.38. The third kappa shape index (κ3) is 9.47. The van der Waals surface area contributed by atoms with E-state index in [1.807, 2.05) is 5.32 Å². The number of amides is 3. The number of nitrogens with one attached hydrogen (secondary N) is 4. The molecule has 0 bridgehead atoms. The van der Waals surface area contributed by atoms with Crippen molar-refractivity contribution in [2.24, 2.45) is 11.5 Å². The van der Waals surface area contributed by atoms with Crippen molar-refractivity contribution in [1.29, 1.82) is 5.41 Å². The molecule has 0 aliphatic carbocycles. The zero-order valence-corrected chi connectivity index (χ0v) is 19.6. The fourth-order valence-corrected chi connectivity index (χ4v) is 3.15. The van der Waals surface area contributed by atoms with Gasteiger partial charge >= 0.3 is 11.9 Å². The van der Waals surface area contributed by atoms with E-state index in [9.17, 15) is 34.2 Å². The lowest BCUT2D eigenvalue weighted by atomic mass is 10.0. The van der Waals surface area contributed by atoms with Crippen molar-refractivity contribution < 1.29 is 44.4 Å². The molecule has 5 unspecified atom stereocenters. The van der Waals surface area contributed by atoms with Gasteiger partial charge in [0.1, 0.15) is 12.1 Å². The van der Waals surface area contributed by atoms with Crippen LogP contribution in [0.4, 0.5) is 0 Å². The molecule has 12 N–H and O–H groups in total. The number of carboxylic acid groups (broad SMARTS) is 2. The largest absolute Gasteiger partial charge is 0.480 e. The van der Waals surface area contributed by atoms with E-state index >= 15 is 0 Å². The van der Waals surface area contributed by atoms with Crippen LogP contribution in [0.15, 0.2) is 11.6 Å². The van der Waals surface area contributed by atoms with Gasteiger partial charge < -0.3 is 52.7 Å². The Morgan fingerprint density at radius 1 is 1.11 bits per heavy atom. The van der Waals surface area contributed by atoms with Gasteiger partial charge in [-0.25, -0.2) is 9.59 Å². The molecule has 0 saturated heterocycles. The van der Waals surface area contributed by atoms with E-state index in [2.05, 4.69) is 10.6 Å². The van der Waals surface area contributed by atoms with Gasteiger partial charge in [-0.05, 0) is 19.8 Å². The highest BCUT2D eigenvalue weighted by Gasteiger charge is 2.33. The Hall–Kier alpha value is -3.76. The van der Waals surface area contributed by atoms with E-state index in [4.69, 9.17) is 27.1 Å². The molecule has 0 radical (unpaired) electrons. The van der Waals surface area contributed by atoms with Gasteiger partial charge in [-0.1, -0.05) is 11.6 Å². The van der Waals surface area contributed by atoms with E-state index in [0.717, 1.165) is 5.57 Å². The Morgan fingerprint density at radius 2 is 1.75 bits per heavy atom. The number of aliphatic hydroxyl groups excluding tert-OH is 2. The lowest BCUT2D eigenvalue weighted by Gasteiger charge is -2.23. The van der Waals surface area contributed by atoms with Crippen LogP contribution >= 0.6 is 0 Å². The van der Waals surface area contributed by atoms with Gasteiger partial charge in [-0.3, -0.25) is 19.8 Å². The van der Waals surface area contributed by atoms with Gasteiger partial charge in [0.2, 0.25) is 17.7 Å². The Bertz CT molecular complexity index is 893. The smallest absolute Gasteiger partial charge is 0.335 e. The fourth-order valence-electron chi connectivity index (χ4n) is 3.15. The van der Waals surface area contributed by atoms with Crippen LogP contribution in [0.1, 0.15) is 26.2 Å². The minimum Gasteiger partial charge on any atom is -0.480 e. The van der Waals surface area contributed by atoms with Crippen molar-refractivity contribution in [3.05, 3.63) is 11.6 Å². The Balaban J connectivity index is 2.68. The van der Waals surface area contributed by atoms with E-state index in [0.29, 0.717) is 6.54 Å². The Morgan fingerprint density at radius 3 is 2.25 bits per heavy atom. The number of guanidine groups is 1. The first-order valence-electron chi connectivity index (χ1n) is 11.0. The number of nitrogens with zero attached hydrogens (tertiary/aromatic N) is 1. The molecule has 202 valence electrons. The van der Waals surface area contributed by atoms with E-state index in [-0.39, 0.29) is 38.3 Å². The highest BCUT2D eigenvalue weighted by atomic mass is 16.4. The van der Waals surface area contributed by atoms with Gasteiger partial charge in [-0.15, -0.1) is 0 Å². The number of aliphatic carboxylic acids is 2. The second kappa shape index (κ2) is 14.0. The summed E-state index contributed by atoms with van der Waals surface area (Å²) in [4.78, 5) is 60.4. The van der Waals surface area contributed by atoms with Crippen molar-refractivity contribution in [2.75, 3.05) is 19.6 Å². The minimum atomic E-state index is -2.34. The number of carboxylic acids is 2. The van der Waals surface area contributed by atoms with Crippen LogP contribution in [-0.4, -0.2) is 111 Å². The molecule has 5 atom stereocenters. The topological polar surface area (TPSA) is 281 Å². The first-order valence-corrected chi connectivity index (χ1v) is 11.0. The molecule has 3 amide bonds. The normalized spacial score (nSPS) is 17.1. The molecule has 1 aliphatic heterocycles. The van der Waals surface area contributed by atoms with Crippen LogP contribution in [-0.2, 0) is 24.0 Å². The molecule has 0 aromatic rings. The number of carbonyl (C=O) groups excluding carboxylic acids is 3. The summed E-state index contributed by atoms with van der Waals surface area (Å²) in [6.45, 7) is 1.91. The summed E-state index contributed by atoms with van der Waals surface area (Å²) < 4.78 is 0. The minimum absolute atomic E-state index is 0.0295. The molecule has 0 spiro atoms. The second-order valence-corrected chi connectivity index (χ2v) is 8.22. The SMILES string of the molecule is CC(O)C(N)C(=O)NC(CC1=CCN(C(=N)N)C1)C(=O)NCCCC(=O)NC(C(=O)O)C(O)C(=O)O. The van der Waals surface area contributed by atoms with Gasteiger partial charge in [0.25, 0.3) is 0 Å². The molecule has 0 aromatic heterocycles. The molecule has 16 nitrogen and oxygen atoms in total. The summed E-state index contributed by atoms with van der Waals surface area (Å²) in [7, 11) is 0. The summed E-state index contributed by atoms with van der Waals surface area (Å²) in [5.41, 5.74) is 11.8. The highest BCUT2D eigenvalue weighted by molar-refractivity contribution is 5.90.